The van der Waals surface area contributed by atoms with Crippen molar-refractivity contribution in [2.45, 2.75) is 129 Å². The Balaban J connectivity index is 3.04. The van der Waals surface area contributed by atoms with E-state index in [1.807, 2.05) is 12.2 Å². The molecule has 0 heteroatoms. The van der Waals surface area contributed by atoms with Crippen LogP contribution in [0.1, 0.15) is 129 Å². The van der Waals surface area contributed by atoms with E-state index in [0.717, 1.165) is 0 Å². The third-order valence-corrected chi connectivity index (χ3v) is 5.22. The van der Waals surface area contributed by atoms with Gasteiger partial charge >= 0.3 is 0 Å². The highest BCUT2D eigenvalue weighted by molar-refractivity contribution is 5.08. The van der Waals surface area contributed by atoms with Crippen molar-refractivity contribution >= 4 is 0 Å². The summed E-state index contributed by atoms with van der Waals surface area (Å²) in [5.74, 6) is 0. The van der Waals surface area contributed by atoms with Crippen molar-refractivity contribution in [3.63, 3.8) is 0 Å². The van der Waals surface area contributed by atoms with Gasteiger partial charge in [0.05, 0.1) is 0 Å². The van der Waals surface area contributed by atoms with E-state index >= 15 is 0 Å². The number of hydrogen-bond donors (Lipinski definition) is 0. The Labute approximate surface area is 166 Å². The summed E-state index contributed by atoms with van der Waals surface area (Å²) >= 11 is 0. The molecule has 152 valence electrons. The molecule has 0 amide bonds. The third kappa shape index (κ3) is 23.2. The molecule has 0 spiro atoms. The Kier molecular flexibility index (Phi) is 23.5. The van der Waals surface area contributed by atoms with Gasteiger partial charge in [-0.2, -0.15) is 0 Å². The molecule has 0 aromatic carbocycles. The van der Waals surface area contributed by atoms with Gasteiger partial charge in [0.25, 0.3) is 0 Å². The summed E-state index contributed by atoms with van der Waals surface area (Å²) < 4.78 is 0. The zero-order chi connectivity index (χ0) is 19.0. The first-order chi connectivity index (χ1) is 12.9. The molecule has 0 aromatic heterocycles. The maximum atomic E-state index is 3.66. The minimum Gasteiger partial charge on any atom is -0.0991 e. The molecule has 0 atom stereocenters. The standard InChI is InChI=1S/C26H48/c1-3-5-7-9-11-13-15-17-19-21-23-25-26-24-22-20-18-16-14-12-10-8-6-4-2/h3,5,7,9,11H,1,4,6,8,10,12-26H2,2H3/b7-5+,11-9+. The Morgan fingerprint density at radius 3 is 1.23 bits per heavy atom. The van der Waals surface area contributed by atoms with Gasteiger partial charge in [-0.25, -0.2) is 0 Å². The van der Waals surface area contributed by atoms with E-state index in [0.29, 0.717) is 0 Å². The first-order valence-electron chi connectivity index (χ1n) is 11.9. The summed E-state index contributed by atoms with van der Waals surface area (Å²) in [4.78, 5) is 0. The lowest BCUT2D eigenvalue weighted by Gasteiger charge is -2.03. The van der Waals surface area contributed by atoms with E-state index in [-0.39, 0.29) is 0 Å². The molecule has 0 radical (unpaired) electrons. The lowest BCUT2D eigenvalue weighted by Crippen LogP contribution is -1.84. The van der Waals surface area contributed by atoms with E-state index in [1.165, 1.54) is 122 Å². The second-order valence-corrected chi connectivity index (χ2v) is 7.85. The van der Waals surface area contributed by atoms with Crippen molar-refractivity contribution in [3.05, 3.63) is 37.0 Å². The van der Waals surface area contributed by atoms with E-state index in [1.54, 1.807) is 0 Å². The van der Waals surface area contributed by atoms with Crippen LogP contribution in [0.2, 0.25) is 0 Å². The number of rotatable bonds is 21. The molecule has 0 saturated carbocycles. The Hall–Kier alpha value is -0.780. The van der Waals surface area contributed by atoms with Crippen LogP contribution >= 0.6 is 0 Å². The Morgan fingerprint density at radius 2 is 0.846 bits per heavy atom. The molecule has 0 unspecified atom stereocenters. The fourth-order valence-electron chi connectivity index (χ4n) is 3.48. The first kappa shape index (κ1) is 25.2. The van der Waals surface area contributed by atoms with Crippen molar-refractivity contribution in [1.82, 2.24) is 0 Å². The van der Waals surface area contributed by atoms with Crippen LogP contribution in [0, 0.1) is 0 Å². The molecular weight excluding hydrogens is 312 g/mol. The Bertz CT molecular complexity index is 310. The van der Waals surface area contributed by atoms with Crippen molar-refractivity contribution in [2.24, 2.45) is 0 Å². The molecule has 0 heterocycles. The zero-order valence-corrected chi connectivity index (χ0v) is 18.0. The normalized spacial score (nSPS) is 11.7. The van der Waals surface area contributed by atoms with Crippen LogP contribution in [-0.2, 0) is 0 Å². The van der Waals surface area contributed by atoms with Crippen LogP contribution in [0.3, 0.4) is 0 Å². The fourth-order valence-corrected chi connectivity index (χ4v) is 3.48. The molecule has 0 saturated heterocycles. The molecule has 0 rings (SSSR count). The molecule has 0 aliphatic heterocycles. The van der Waals surface area contributed by atoms with E-state index in [2.05, 4.69) is 31.7 Å². The lowest BCUT2D eigenvalue weighted by atomic mass is 10.0. The maximum Gasteiger partial charge on any atom is -0.0348 e. The summed E-state index contributed by atoms with van der Waals surface area (Å²) in [6.07, 6.45) is 37.5. The predicted molar refractivity (Wildman–Crippen MR) is 122 cm³/mol. The van der Waals surface area contributed by atoms with Crippen LogP contribution in [0.15, 0.2) is 37.0 Å². The number of unbranched alkanes of at least 4 members (excludes halogenated alkanes) is 18. The number of hydrogen-bond acceptors (Lipinski definition) is 0. The van der Waals surface area contributed by atoms with Gasteiger partial charge in [-0.15, -0.1) is 0 Å². The van der Waals surface area contributed by atoms with Crippen molar-refractivity contribution in [1.29, 1.82) is 0 Å². The van der Waals surface area contributed by atoms with Gasteiger partial charge in [0.1, 0.15) is 0 Å². The molecular formula is C26H48. The van der Waals surface area contributed by atoms with Crippen LogP contribution < -0.4 is 0 Å². The third-order valence-electron chi connectivity index (χ3n) is 5.22. The summed E-state index contributed by atoms with van der Waals surface area (Å²) in [6, 6.07) is 0. The largest absolute Gasteiger partial charge is 0.0991 e. The summed E-state index contributed by atoms with van der Waals surface area (Å²) in [7, 11) is 0. The van der Waals surface area contributed by atoms with Gasteiger partial charge < -0.3 is 0 Å². The van der Waals surface area contributed by atoms with E-state index < -0.39 is 0 Å². The smallest absolute Gasteiger partial charge is 0.0348 e. The van der Waals surface area contributed by atoms with Gasteiger partial charge in [-0.05, 0) is 12.8 Å². The van der Waals surface area contributed by atoms with Crippen LogP contribution in [0.5, 0.6) is 0 Å². The average molecular weight is 361 g/mol. The molecule has 0 bridgehead atoms. The second-order valence-electron chi connectivity index (χ2n) is 7.85. The first-order valence-corrected chi connectivity index (χ1v) is 11.9. The van der Waals surface area contributed by atoms with Crippen molar-refractivity contribution in [2.75, 3.05) is 0 Å². The van der Waals surface area contributed by atoms with Gasteiger partial charge in [-0.1, -0.05) is 153 Å². The Morgan fingerprint density at radius 1 is 0.462 bits per heavy atom. The number of allylic oxidation sites excluding steroid dienone is 5. The predicted octanol–water partition coefficient (Wildman–Crippen LogP) is 9.72. The fraction of sp³-hybridized carbons (Fsp3) is 0.769. The van der Waals surface area contributed by atoms with Gasteiger partial charge in [0, 0.05) is 0 Å². The van der Waals surface area contributed by atoms with Crippen LogP contribution in [0.25, 0.3) is 0 Å². The van der Waals surface area contributed by atoms with Crippen LogP contribution in [-0.4, -0.2) is 0 Å². The van der Waals surface area contributed by atoms with Crippen molar-refractivity contribution in [3.8, 4) is 0 Å². The molecule has 0 N–H and O–H groups in total. The topological polar surface area (TPSA) is 0 Å². The minimum absolute atomic E-state index is 1.22. The summed E-state index contributed by atoms with van der Waals surface area (Å²) in [6.45, 7) is 5.96. The highest BCUT2D eigenvalue weighted by atomic mass is 14.0. The quantitative estimate of drug-likeness (QED) is 0.141. The molecule has 0 nitrogen and oxygen atoms in total. The maximum absolute atomic E-state index is 3.66. The monoisotopic (exact) mass is 360 g/mol. The minimum atomic E-state index is 1.22. The summed E-state index contributed by atoms with van der Waals surface area (Å²) in [5.41, 5.74) is 0. The van der Waals surface area contributed by atoms with Crippen molar-refractivity contribution < 1.29 is 0 Å². The molecule has 0 aromatic rings. The second kappa shape index (κ2) is 24.2. The summed E-state index contributed by atoms with van der Waals surface area (Å²) in [5, 5.41) is 0. The highest BCUT2D eigenvalue weighted by Crippen LogP contribution is 2.14. The van der Waals surface area contributed by atoms with E-state index in [9.17, 15) is 0 Å². The SMILES string of the molecule is C=C/C=C/C=C/CCCCCCCCCCCCCCCCCCCC. The molecule has 0 aliphatic rings. The zero-order valence-electron chi connectivity index (χ0n) is 18.0. The average Bonchev–Trinajstić information content (AvgIpc) is 2.66. The highest BCUT2D eigenvalue weighted by Gasteiger charge is 1.94. The molecule has 26 heavy (non-hydrogen) atoms. The molecule has 0 fully saturated rings. The van der Waals surface area contributed by atoms with Gasteiger partial charge in [0.2, 0.25) is 0 Å². The van der Waals surface area contributed by atoms with Gasteiger partial charge in [0.15, 0.2) is 0 Å². The van der Waals surface area contributed by atoms with E-state index in [4.69, 9.17) is 0 Å². The van der Waals surface area contributed by atoms with Gasteiger partial charge in [-0.3, -0.25) is 0 Å². The lowest BCUT2D eigenvalue weighted by molar-refractivity contribution is 0.525. The van der Waals surface area contributed by atoms with Crippen LogP contribution in [0.4, 0.5) is 0 Å². The molecule has 0 aliphatic carbocycles.